The van der Waals surface area contributed by atoms with Gasteiger partial charge in [0.05, 0.1) is 25.8 Å². The molecule has 1 aromatic rings. The van der Waals surface area contributed by atoms with Crippen LogP contribution >= 0.6 is 24.0 Å². The van der Waals surface area contributed by atoms with Crippen molar-refractivity contribution < 1.29 is 19.0 Å². The van der Waals surface area contributed by atoms with Gasteiger partial charge in [-0.05, 0) is 46.1 Å². The highest BCUT2D eigenvalue weighted by Crippen LogP contribution is 2.15. The van der Waals surface area contributed by atoms with Gasteiger partial charge in [0.15, 0.2) is 5.96 Å². The summed E-state index contributed by atoms with van der Waals surface area (Å²) in [5.41, 5.74) is 0.417. The zero-order valence-corrected chi connectivity index (χ0v) is 22.7. The lowest BCUT2D eigenvalue weighted by Crippen LogP contribution is -2.40. The molecule has 33 heavy (non-hydrogen) atoms. The first-order valence-corrected chi connectivity index (χ1v) is 11.6. The number of hydrogen-bond acceptors (Lipinski definition) is 5. The molecule has 188 valence electrons. The topological polar surface area (TPSA) is 93.2 Å². The maximum Gasteiger partial charge on any atom is 0.408 e. The Morgan fingerprint density at radius 1 is 1.24 bits per heavy atom. The fraction of sp³-hybridized carbons (Fsp3) is 0.667. The molecule has 1 aliphatic rings. The van der Waals surface area contributed by atoms with Crippen LogP contribution in [-0.2, 0) is 14.2 Å². The predicted molar refractivity (Wildman–Crippen MR) is 142 cm³/mol. The molecule has 0 bridgehead atoms. The fourth-order valence-corrected chi connectivity index (χ4v) is 3.24. The van der Waals surface area contributed by atoms with Crippen LogP contribution in [0.2, 0.25) is 0 Å². The van der Waals surface area contributed by atoms with Crippen LogP contribution in [-0.4, -0.2) is 63.7 Å². The number of benzene rings is 1. The summed E-state index contributed by atoms with van der Waals surface area (Å²) in [7, 11) is 0. The number of nitrogens with one attached hydrogen (secondary N) is 3. The summed E-state index contributed by atoms with van der Waals surface area (Å²) in [6.07, 6.45) is 1.52. The summed E-state index contributed by atoms with van der Waals surface area (Å²) in [6, 6.07) is 9.51. The molecule has 1 aromatic carbocycles. The highest BCUT2D eigenvalue weighted by molar-refractivity contribution is 14.0. The third kappa shape index (κ3) is 13.0. The summed E-state index contributed by atoms with van der Waals surface area (Å²) >= 11 is 0. The molecule has 9 heteroatoms. The van der Waals surface area contributed by atoms with Gasteiger partial charge in [0, 0.05) is 32.2 Å². The minimum Gasteiger partial charge on any atom is -0.444 e. The van der Waals surface area contributed by atoms with E-state index in [4.69, 9.17) is 14.2 Å². The molecule has 1 fully saturated rings. The average molecular weight is 577 g/mol. The lowest BCUT2D eigenvalue weighted by atomic mass is 10.1. The Morgan fingerprint density at radius 2 is 2.00 bits per heavy atom. The third-order valence-electron chi connectivity index (χ3n) is 4.80. The molecule has 0 spiro atoms. The van der Waals surface area contributed by atoms with Crippen LogP contribution < -0.4 is 16.0 Å². The van der Waals surface area contributed by atoms with Crippen molar-refractivity contribution in [2.45, 2.75) is 52.2 Å². The second kappa shape index (κ2) is 16.1. The van der Waals surface area contributed by atoms with Crippen LogP contribution in [0.5, 0.6) is 0 Å². The molecule has 2 unspecified atom stereocenters. The summed E-state index contributed by atoms with van der Waals surface area (Å²) in [4.78, 5) is 17.0. The van der Waals surface area contributed by atoms with Gasteiger partial charge in [-0.1, -0.05) is 30.3 Å². The molecule has 0 aliphatic carbocycles. The highest BCUT2D eigenvalue weighted by Gasteiger charge is 2.20. The first-order chi connectivity index (χ1) is 15.4. The summed E-state index contributed by atoms with van der Waals surface area (Å²) in [5, 5.41) is 9.54. The zero-order chi connectivity index (χ0) is 23.2. The number of nitrogens with zero attached hydrogens (tertiary/aromatic N) is 1. The minimum absolute atomic E-state index is 0. The summed E-state index contributed by atoms with van der Waals surface area (Å²) in [6.45, 7) is 12.6. The molecule has 2 rings (SSSR count). The fourth-order valence-electron chi connectivity index (χ4n) is 3.24. The Kier molecular flexibility index (Phi) is 14.4. The molecule has 1 amide bonds. The number of halogens is 1. The van der Waals surface area contributed by atoms with Gasteiger partial charge in [0.1, 0.15) is 5.60 Å². The Balaban J connectivity index is 0.00000544. The summed E-state index contributed by atoms with van der Waals surface area (Å²) in [5.74, 6) is 1.25. The van der Waals surface area contributed by atoms with Crippen molar-refractivity contribution in [2.24, 2.45) is 10.9 Å². The van der Waals surface area contributed by atoms with Gasteiger partial charge in [0.25, 0.3) is 0 Å². The Labute approximate surface area is 215 Å². The zero-order valence-electron chi connectivity index (χ0n) is 20.4. The van der Waals surface area contributed by atoms with Crippen LogP contribution in [0.4, 0.5) is 4.79 Å². The number of aliphatic imine (C=N–C) groups is 1. The molecular formula is C24H41IN4O4. The first-order valence-electron chi connectivity index (χ1n) is 11.6. The number of amides is 1. The maximum absolute atomic E-state index is 12.3. The second-order valence-corrected chi connectivity index (χ2v) is 8.91. The number of carbonyl (C=O) groups excluding carboxylic acids is 1. The largest absolute Gasteiger partial charge is 0.444 e. The smallest absolute Gasteiger partial charge is 0.408 e. The maximum atomic E-state index is 12.3. The number of carbonyl (C=O) groups is 1. The van der Waals surface area contributed by atoms with Gasteiger partial charge in [-0.3, -0.25) is 4.99 Å². The van der Waals surface area contributed by atoms with Gasteiger partial charge in [-0.2, -0.15) is 0 Å². The van der Waals surface area contributed by atoms with E-state index in [0.29, 0.717) is 25.0 Å². The lowest BCUT2D eigenvalue weighted by molar-refractivity contribution is 0.0505. The van der Waals surface area contributed by atoms with E-state index in [1.165, 1.54) is 0 Å². The van der Waals surface area contributed by atoms with Gasteiger partial charge in [0.2, 0.25) is 0 Å². The van der Waals surface area contributed by atoms with Crippen molar-refractivity contribution >= 4 is 36.0 Å². The van der Waals surface area contributed by atoms with E-state index in [0.717, 1.165) is 51.3 Å². The van der Waals surface area contributed by atoms with Crippen molar-refractivity contribution in [3.63, 3.8) is 0 Å². The van der Waals surface area contributed by atoms with Crippen molar-refractivity contribution in [1.82, 2.24) is 16.0 Å². The first kappa shape index (κ1) is 29.4. The second-order valence-electron chi connectivity index (χ2n) is 8.91. The van der Waals surface area contributed by atoms with Gasteiger partial charge in [-0.25, -0.2) is 4.79 Å². The van der Waals surface area contributed by atoms with E-state index >= 15 is 0 Å². The molecule has 1 saturated heterocycles. The molecule has 0 aromatic heterocycles. The molecule has 2 atom stereocenters. The molecule has 8 nitrogen and oxygen atoms in total. The van der Waals surface area contributed by atoms with Gasteiger partial charge in [-0.15, -0.1) is 24.0 Å². The average Bonchev–Trinajstić information content (AvgIpc) is 3.26. The number of hydrogen-bond donors (Lipinski definition) is 3. The molecule has 1 aliphatic heterocycles. The molecular weight excluding hydrogens is 535 g/mol. The number of alkyl carbamates (subject to hydrolysis) is 1. The van der Waals surface area contributed by atoms with E-state index in [-0.39, 0.29) is 30.0 Å². The molecule has 0 radical (unpaired) electrons. The number of ether oxygens (including phenoxy) is 3. The SMILES string of the molecule is CCNC(=NCC(NC(=O)OC(C)(C)C)c1ccccc1)NCCCOCC1CCOC1.I. The normalized spacial score (nSPS) is 17.1. The van der Waals surface area contributed by atoms with E-state index in [1.54, 1.807) is 0 Å². The van der Waals surface area contributed by atoms with Gasteiger partial charge < -0.3 is 30.2 Å². The standard InChI is InChI=1S/C24H40N4O4.HI/c1-5-25-22(26-13-9-14-30-17-19-12-15-31-18-19)27-16-21(20-10-7-6-8-11-20)28-23(29)32-24(2,3)4;/h6-8,10-11,19,21H,5,9,12-18H2,1-4H3,(H,28,29)(H2,25,26,27);1H. The van der Waals surface area contributed by atoms with Crippen LogP contribution in [0.25, 0.3) is 0 Å². The Morgan fingerprint density at radius 3 is 2.64 bits per heavy atom. The Bertz CT molecular complexity index is 691. The Hall–Kier alpha value is -1.59. The minimum atomic E-state index is -0.558. The van der Waals surface area contributed by atoms with Crippen molar-refractivity contribution in [1.29, 1.82) is 0 Å². The molecule has 1 heterocycles. The molecule has 3 N–H and O–H groups in total. The third-order valence-corrected chi connectivity index (χ3v) is 4.80. The lowest BCUT2D eigenvalue weighted by Gasteiger charge is -2.23. The monoisotopic (exact) mass is 576 g/mol. The number of rotatable bonds is 11. The highest BCUT2D eigenvalue weighted by atomic mass is 127. The van der Waals surface area contributed by atoms with Crippen LogP contribution in [0.15, 0.2) is 35.3 Å². The van der Waals surface area contributed by atoms with Crippen LogP contribution in [0.3, 0.4) is 0 Å². The quantitative estimate of drug-likeness (QED) is 0.160. The summed E-state index contributed by atoms with van der Waals surface area (Å²) < 4.78 is 16.6. The van der Waals surface area contributed by atoms with E-state index < -0.39 is 11.7 Å². The van der Waals surface area contributed by atoms with Crippen molar-refractivity contribution in [3.8, 4) is 0 Å². The van der Waals surface area contributed by atoms with E-state index in [9.17, 15) is 4.79 Å². The van der Waals surface area contributed by atoms with Crippen molar-refractivity contribution in [3.05, 3.63) is 35.9 Å². The van der Waals surface area contributed by atoms with Crippen molar-refractivity contribution in [2.75, 3.05) is 46.1 Å². The van der Waals surface area contributed by atoms with E-state index in [2.05, 4.69) is 20.9 Å². The predicted octanol–water partition coefficient (Wildman–Crippen LogP) is 3.87. The number of guanidine groups is 1. The van der Waals surface area contributed by atoms with Gasteiger partial charge >= 0.3 is 6.09 Å². The van der Waals surface area contributed by atoms with E-state index in [1.807, 2.05) is 58.0 Å². The molecule has 0 saturated carbocycles. The van der Waals surface area contributed by atoms with Crippen LogP contribution in [0.1, 0.15) is 52.1 Å². The van der Waals surface area contributed by atoms with Crippen LogP contribution in [0, 0.1) is 5.92 Å².